The normalized spacial score (nSPS) is 14.3. The maximum Gasteiger partial charge on any atom is 0.257 e. The summed E-state index contributed by atoms with van der Waals surface area (Å²) in [4.78, 5) is 19.4. The van der Waals surface area contributed by atoms with Crippen LogP contribution in [0.4, 0.5) is 15.8 Å². The third-order valence-electron chi connectivity index (χ3n) is 4.89. The number of rotatable bonds is 3. The molecule has 1 aromatic heterocycles. The van der Waals surface area contributed by atoms with E-state index in [0.29, 0.717) is 51.0 Å². The van der Waals surface area contributed by atoms with Crippen molar-refractivity contribution in [3.63, 3.8) is 0 Å². The van der Waals surface area contributed by atoms with Gasteiger partial charge < -0.3 is 10.2 Å². The number of hydrogen-bond donors (Lipinski definition) is 1. The Bertz CT molecular complexity index is 1050. The first-order valence-corrected chi connectivity index (χ1v) is 9.88. The van der Waals surface area contributed by atoms with Crippen LogP contribution >= 0.6 is 23.2 Å². The standard InChI is InChI=1S/C21H18Cl2FN3O/c22-17-6-5-14(11-18(17)23)26-20-15-10-13(24)4-7-19(15)25-12-16(20)21(28)27-8-2-1-3-9-27/h4-7,10-12H,1-3,8-9H2,(H,25,26). The number of amides is 1. The first-order valence-electron chi connectivity index (χ1n) is 9.12. The van der Waals surface area contributed by atoms with Gasteiger partial charge in [0, 0.05) is 30.4 Å². The summed E-state index contributed by atoms with van der Waals surface area (Å²) in [6.45, 7) is 1.43. The molecule has 1 fully saturated rings. The molecule has 1 N–H and O–H groups in total. The fourth-order valence-corrected chi connectivity index (χ4v) is 3.75. The van der Waals surface area contributed by atoms with Gasteiger partial charge in [-0.2, -0.15) is 0 Å². The molecule has 1 aliphatic rings. The topological polar surface area (TPSA) is 45.2 Å². The minimum Gasteiger partial charge on any atom is -0.354 e. The summed E-state index contributed by atoms with van der Waals surface area (Å²) < 4.78 is 14.0. The van der Waals surface area contributed by atoms with E-state index < -0.39 is 5.82 Å². The van der Waals surface area contributed by atoms with Crippen molar-refractivity contribution in [2.24, 2.45) is 0 Å². The lowest BCUT2D eigenvalue weighted by Crippen LogP contribution is -2.36. The summed E-state index contributed by atoms with van der Waals surface area (Å²) in [5.74, 6) is -0.505. The van der Waals surface area contributed by atoms with Crippen molar-refractivity contribution in [3.8, 4) is 0 Å². The fraction of sp³-hybridized carbons (Fsp3) is 0.238. The maximum atomic E-state index is 14.0. The Hall–Kier alpha value is -2.37. The first-order chi connectivity index (χ1) is 13.5. The highest BCUT2D eigenvalue weighted by Crippen LogP contribution is 2.33. The van der Waals surface area contributed by atoms with Crippen LogP contribution in [0.1, 0.15) is 29.6 Å². The number of likely N-dealkylation sites (tertiary alicyclic amines) is 1. The highest BCUT2D eigenvalue weighted by atomic mass is 35.5. The lowest BCUT2D eigenvalue weighted by molar-refractivity contribution is 0.0725. The molecule has 4 rings (SSSR count). The molecule has 0 spiro atoms. The summed E-state index contributed by atoms with van der Waals surface area (Å²) >= 11 is 12.1. The largest absolute Gasteiger partial charge is 0.354 e. The molecule has 0 unspecified atom stereocenters. The summed E-state index contributed by atoms with van der Waals surface area (Å²) in [6, 6.07) is 9.43. The van der Waals surface area contributed by atoms with Gasteiger partial charge in [-0.05, 0) is 55.7 Å². The number of aromatic nitrogens is 1. The molecule has 1 saturated heterocycles. The van der Waals surface area contributed by atoms with Gasteiger partial charge >= 0.3 is 0 Å². The lowest BCUT2D eigenvalue weighted by atomic mass is 10.1. The number of nitrogens with zero attached hydrogens (tertiary/aromatic N) is 2. The van der Waals surface area contributed by atoms with Gasteiger partial charge in [0.25, 0.3) is 5.91 Å². The van der Waals surface area contributed by atoms with E-state index in [9.17, 15) is 9.18 Å². The minimum atomic E-state index is -0.394. The first kappa shape index (κ1) is 19.0. The predicted molar refractivity (Wildman–Crippen MR) is 111 cm³/mol. The molecule has 0 saturated carbocycles. The van der Waals surface area contributed by atoms with E-state index in [1.165, 1.54) is 12.1 Å². The zero-order chi connectivity index (χ0) is 19.7. The smallest absolute Gasteiger partial charge is 0.257 e. The van der Waals surface area contributed by atoms with Crippen LogP contribution in [0.15, 0.2) is 42.6 Å². The van der Waals surface area contributed by atoms with E-state index in [0.717, 1.165) is 19.3 Å². The van der Waals surface area contributed by atoms with Crippen molar-refractivity contribution in [2.45, 2.75) is 19.3 Å². The van der Waals surface area contributed by atoms with Gasteiger partial charge in [-0.3, -0.25) is 9.78 Å². The number of pyridine rings is 1. The van der Waals surface area contributed by atoms with Gasteiger partial charge in [0.1, 0.15) is 5.82 Å². The Morgan fingerprint density at radius 3 is 2.57 bits per heavy atom. The molecule has 0 atom stereocenters. The summed E-state index contributed by atoms with van der Waals surface area (Å²) in [6.07, 6.45) is 4.64. The average Bonchev–Trinajstić information content (AvgIpc) is 2.71. The minimum absolute atomic E-state index is 0.110. The lowest BCUT2D eigenvalue weighted by Gasteiger charge is -2.27. The molecular formula is C21H18Cl2FN3O. The van der Waals surface area contributed by atoms with Crippen molar-refractivity contribution in [3.05, 3.63) is 64.0 Å². The third-order valence-corrected chi connectivity index (χ3v) is 5.63. The van der Waals surface area contributed by atoms with Gasteiger partial charge in [0.05, 0.1) is 26.8 Å². The van der Waals surface area contributed by atoms with Crippen molar-refractivity contribution < 1.29 is 9.18 Å². The second-order valence-electron chi connectivity index (χ2n) is 6.82. The van der Waals surface area contributed by atoms with E-state index in [2.05, 4.69) is 10.3 Å². The van der Waals surface area contributed by atoms with E-state index in [1.54, 1.807) is 30.5 Å². The van der Waals surface area contributed by atoms with Gasteiger partial charge in [-0.15, -0.1) is 0 Å². The number of piperidine rings is 1. The number of hydrogen-bond acceptors (Lipinski definition) is 3. The summed E-state index contributed by atoms with van der Waals surface area (Å²) in [7, 11) is 0. The number of nitrogens with one attached hydrogen (secondary N) is 1. The molecule has 3 aromatic rings. The SMILES string of the molecule is O=C(c1cnc2ccc(F)cc2c1Nc1ccc(Cl)c(Cl)c1)N1CCCCC1. The Labute approximate surface area is 172 Å². The van der Waals surface area contributed by atoms with Crippen LogP contribution in [0.25, 0.3) is 10.9 Å². The van der Waals surface area contributed by atoms with Crippen molar-refractivity contribution >= 4 is 51.4 Å². The second-order valence-corrected chi connectivity index (χ2v) is 7.63. The van der Waals surface area contributed by atoms with Crippen LogP contribution in [0, 0.1) is 5.82 Å². The molecule has 2 aromatic carbocycles. The van der Waals surface area contributed by atoms with Gasteiger partial charge in [0.15, 0.2) is 0 Å². The van der Waals surface area contributed by atoms with Crippen LogP contribution in [-0.2, 0) is 0 Å². The van der Waals surface area contributed by atoms with E-state index >= 15 is 0 Å². The van der Waals surface area contributed by atoms with Gasteiger partial charge in [-0.1, -0.05) is 23.2 Å². The zero-order valence-electron chi connectivity index (χ0n) is 15.0. The van der Waals surface area contributed by atoms with Crippen LogP contribution in [-0.4, -0.2) is 28.9 Å². The number of carbonyl (C=O) groups is 1. The van der Waals surface area contributed by atoms with Crippen molar-refractivity contribution in [1.82, 2.24) is 9.88 Å². The maximum absolute atomic E-state index is 14.0. The number of halogens is 3. The Balaban J connectivity index is 1.83. The van der Waals surface area contributed by atoms with Crippen molar-refractivity contribution in [1.29, 1.82) is 0 Å². The highest BCUT2D eigenvalue weighted by Gasteiger charge is 2.23. The van der Waals surface area contributed by atoms with Gasteiger partial charge in [0.2, 0.25) is 0 Å². The quantitative estimate of drug-likeness (QED) is 0.563. The van der Waals surface area contributed by atoms with Gasteiger partial charge in [-0.25, -0.2) is 4.39 Å². The summed E-state index contributed by atoms with van der Waals surface area (Å²) in [5, 5.41) is 4.59. The molecule has 7 heteroatoms. The zero-order valence-corrected chi connectivity index (χ0v) is 16.5. The van der Waals surface area contributed by atoms with E-state index in [-0.39, 0.29) is 5.91 Å². The highest BCUT2D eigenvalue weighted by molar-refractivity contribution is 6.42. The molecule has 4 nitrogen and oxygen atoms in total. The fourth-order valence-electron chi connectivity index (χ4n) is 3.45. The Morgan fingerprint density at radius 1 is 1.04 bits per heavy atom. The predicted octanol–water partition coefficient (Wildman–Crippen LogP) is 6.05. The third kappa shape index (κ3) is 3.77. The van der Waals surface area contributed by atoms with Crippen molar-refractivity contribution in [2.75, 3.05) is 18.4 Å². The number of benzene rings is 2. The monoisotopic (exact) mass is 417 g/mol. The molecule has 0 bridgehead atoms. The molecular weight excluding hydrogens is 400 g/mol. The van der Waals surface area contributed by atoms with E-state index in [4.69, 9.17) is 23.2 Å². The molecule has 1 amide bonds. The number of carbonyl (C=O) groups excluding carboxylic acids is 1. The molecule has 0 radical (unpaired) electrons. The number of anilines is 2. The molecule has 2 heterocycles. The summed E-state index contributed by atoms with van der Waals surface area (Å²) in [5.41, 5.74) is 2.17. The van der Waals surface area contributed by atoms with Crippen LogP contribution in [0.2, 0.25) is 10.0 Å². The average molecular weight is 418 g/mol. The molecule has 144 valence electrons. The molecule has 0 aliphatic carbocycles. The van der Waals surface area contributed by atoms with Crippen LogP contribution < -0.4 is 5.32 Å². The molecule has 1 aliphatic heterocycles. The van der Waals surface area contributed by atoms with Crippen LogP contribution in [0.5, 0.6) is 0 Å². The second kappa shape index (κ2) is 7.94. The molecule has 28 heavy (non-hydrogen) atoms. The van der Waals surface area contributed by atoms with E-state index in [1.807, 2.05) is 4.90 Å². The Kier molecular flexibility index (Phi) is 5.38. The number of fused-ring (bicyclic) bond motifs is 1. The van der Waals surface area contributed by atoms with Crippen LogP contribution in [0.3, 0.4) is 0 Å². The Morgan fingerprint density at radius 2 is 1.82 bits per heavy atom.